The first kappa shape index (κ1) is 16.1. The Morgan fingerprint density at radius 1 is 1.30 bits per heavy atom. The van der Waals surface area contributed by atoms with Crippen molar-refractivity contribution in [1.29, 1.82) is 0 Å². The van der Waals surface area contributed by atoms with E-state index in [4.69, 9.17) is 4.74 Å². The lowest BCUT2D eigenvalue weighted by Gasteiger charge is -2.11. The van der Waals surface area contributed by atoms with Crippen molar-refractivity contribution < 1.29 is 9.66 Å². The van der Waals surface area contributed by atoms with Crippen molar-refractivity contribution in [3.63, 3.8) is 0 Å². The standard InChI is InChI=1S/C13H22N4O3/c1-9(2)5-6-14-12-11(17(18)19)13(16-8-15-12)20-7-10(3)4/h8-10H,5-7H2,1-4H3,(H,14,15,16). The highest BCUT2D eigenvalue weighted by Gasteiger charge is 2.24. The van der Waals surface area contributed by atoms with E-state index < -0.39 is 4.92 Å². The molecular weight excluding hydrogens is 260 g/mol. The third kappa shape index (κ3) is 4.99. The summed E-state index contributed by atoms with van der Waals surface area (Å²) in [5.74, 6) is 1.01. The third-order valence-corrected chi connectivity index (χ3v) is 2.54. The molecule has 7 heteroatoms. The van der Waals surface area contributed by atoms with Crippen LogP contribution in [0.15, 0.2) is 6.33 Å². The van der Waals surface area contributed by atoms with Gasteiger partial charge in [0.25, 0.3) is 5.88 Å². The van der Waals surface area contributed by atoms with Crippen LogP contribution in [0.1, 0.15) is 34.1 Å². The topological polar surface area (TPSA) is 90.2 Å². The van der Waals surface area contributed by atoms with E-state index in [1.165, 1.54) is 6.33 Å². The van der Waals surface area contributed by atoms with Gasteiger partial charge in [0.05, 0.1) is 11.5 Å². The van der Waals surface area contributed by atoms with Gasteiger partial charge in [-0.3, -0.25) is 10.1 Å². The minimum absolute atomic E-state index is 0.0192. The van der Waals surface area contributed by atoms with Crippen LogP contribution in [0.4, 0.5) is 11.5 Å². The second-order valence-corrected chi connectivity index (χ2v) is 5.45. The maximum Gasteiger partial charge on any atom is 0.372 e. The van der Waals surface area contributed by atoms with Crippen LogP contribution in [0, 0.1) is 22.0 Å². The van der Waals surface area contributed by atoms with Crippen LogP contribution in [0.5, 0.6) is 5.88 Å². The Kier molecular flexibility index (Phi) is 6.14. The molecular formula is C13H22N4O3. The monoisotopic (exact) mass is 282 g/mol. The molecule has 0 atom stereocenters. The zero-order valence-electron chi connectivity index (χ0n) is 12.4. The van der Waals surface area contributed by atoms with Gasteiger partial charge in [-0.05, 0) is 18.3 Å². The molecule has 0 saturated heterocycles. The fourth-order valence-corrected chi connectivity index (χ4v) is 1.49. The molecule has 0 bridgehead atoms. The van der Waals surface area contributed by atoms with Crippen molar-refractivity contribution in [2.75, 3.05) is 18.5 Å². The Morgan fingerprint density at radius 2 is 2.00 bits per heavy atom. The van der Waals surface area contributed by atoms with Gasteiger partial charge in [-0.15, -0.1) is 0 Å². The Balaban J connectivity index is 2.87. The second kappa shape index (κ2) is 7.62. The summed E-state index contributed by atoms with van der Waals surface area (Å²) in [6.07, 6.45) is 2.18. The number of nitro groups is 1. The summed E-state index contributed by atoms with van der Waals surface area (Å²) >= 11 is 0. The smallest absolute Gasteiger partial charge is 0.372 e. The highest BCUT2D eigenvalue weighted by atomic mass is 16.6. The van der Waals surface area contributed by atoms with Gasteiger partial charge in [0, 0.05) is 6.54 Å². The summed E-state index contributed by atoms with van der Waals surface area (Å²) in [5, 5.41) is 14.2. The molecule has 0 aliphatic carbocycles. The van der Waals surface area contributed by atoms with Crippen molar-refractivity contribution in [2.45, 2.75) is 34.1 Å². The minimum Gasteiger partial charge on any atom is -0.472 e. The van der Waals surface area contributed by atoms with Crippen LogP contribution in [-0.4, -0.2) is 28.0 Å². The molecule has 0 fully saturated rings. The van der Waals surface area contributed by atoms with Gasteiger partial charge in [-0.25, -0.2) is 4.98 Å². The van der Waals surface area contributed by atoms with Crippen molar-refractivity contribution in [3.8, 4) is 5.88 Å². The highest BCUT2D eigenvalue weighted by Crippen LogP contribution is 2.31. The van der Waals surface area contributed by atoms with Gasteiger partial charge in [0.2, 0.25) is 5.82 Å². The van der Waals surface area contributed by atoms with Crippen molar-refractivity contribution >= 4 is 11.5 Å². The normalized spacial score (nSPS) is 10.9. The number of nitrogens with one attached hydrogen (secondary N) is 1. The van der Waals surface area contributed by atoms with E-state index in [-0.39, 0.29) is 23.3 Å². The predicted molar refractivity (Wildman–Crippen MR) is 77.0 cm³/mol. The second-order valence-electron chi connectivity index (χ2n) is 5.45. The van der Waals surface area contributed by atoms with Gasteiger partial charge in [-0.1, -0.05) is 27.7 Å². The van der Waals surface area contributed by atoms with E-state index in [2.05, 4.69) is 29.1 Å². The molecule has 7 nitrogen and oxygen atoms in total. The van der Waals surface area contributed by atoms with Crippen LogP contribution in [-0.2, 0) is 0 Å². The fourth-order valence-electron chi connectivity index (χ4n) is 1.49. The molecule has 0 unspecified atom stereocenters. The summed E-state index contributed by atoms with van der Waals surface area (Å²) in [4.78, 5) is 18.5. The van der Waals surface area contributed by atoms with Crippen LogP contribution < -0.4 is 10.1 Å². The number of hydrogen-bond acceptors (Lipinski definition) is 6. The van der Waals surface area contributed by atoms with Gasteiger partial charge in [0.1, 0.15) is 6.33 Å². The average Bonchev–Trinajstić information content (AvgIpc) is 2.35. The molecule has 112 valence electrons. The molecule has 0 spiro atoms. The lowest BCUT2D eigenvalue weighted by Crippen LogP contribution is -2.12. The Bertz CT molecular complexity index is 449. The van der Waals surface area contributed by atoms with Gasteiger partial charge in [-0.2, -0.15) is 4.98 Å². The number of hydrogen-bond donors (Lipinski definition) is 1. The van der Waals surface area contributed by atoms with E-state index in [1.54, 1.807) is 0 Å². The van der Waals surface area contributed by atoms with E-state index in [0.717, 1.165) is 6.42 Å². The predicted octanol–water partition coefficient (Wildman–Crippen LogP) is 2.88. The first-order valence-corrected chi connectivity index (χ1v) is 6.77. The summed E-state index contributed by atoms with van der Waals surface area (Å²) in [6.45, 7) is 9.12. The summed E-state index contributed by atoms with van der Waals surface area (Å²) in [5.41, 5.74) is -0.197. The molecule has 1 aromatic heterocycles. The molecule has 1 heterocycles. The fraction of sp³-hybridized carbons (Fsp3) is 0.692. The van der Waals surface area contributed by atoms with Crippen molar-refractivity contribution in [3.05, 3.63) is 16.4 Å². The van der Waals surface area contributed by atoms with Gasteiger partial charge in [0.15, 0.2) is 0 Å². The number of anilines is 1. The Morgan fingerprint density at radius 3 is 2.55 bits per heavy atom. The van der Waals surface area contributed by atoms with Crippen LogP contribution in [0.3, 0.4) is 0 Å². The molecule has 0 saturated carbocycles. The zero-order chi connectivity index (χ0) is 15.1. The first-order chi connectivity index (χ1) is 9.41. The molecule has 1 rings (SSSR count). The van der Waals surface area contributed by atoms with Gasteiger partial charge >= 0.3 is 5.69 Å². The van der Waals surface area contributed by atoms with E-state index >= 15 is 0 Å². The molecule has 0 amide bonds. The van der Waals surface area contributed by atoms with Crippen LogP contribution in [0.25, 0.3) is 0 Å². The number of nitrogens with zero attached hydrogens (tertiary/aromatic N) is 3. The highest BCUT2D eigenvalue weighted by molar-refractivity contribution is 5.61. The van der Waals surface area contributed by atoms with Crippen LogP contribution >= 0.6 is 0 Å². The quantitative estimate of drug-likeness (QED) is 0.582. The number of rotatable bonds is 8. The van der Waals surface area contributed by atoms with E-state index in [0.29, 0.717) is 19.1 Å². The number of ether oxygens (including phenoxy) is 1. The van der Waals surface area contributed by atoms with E-state index in [9.17, 15) is 10.1 Å². The molecule has 1 aromatic rings. The van der Waals surface area contributed by atoms with Gasteiger partial charge < -0.3 is 10.1 Å². The molecule has 0 aliphatic heterocycles. The van der Waals surface area contributed by atoms with Crippen LogP contribution in [0.2, 0.25) is 0 Å². The third-order valence-electron chi connectivity index (χ3n) is 2.54. The summed E-state index contributed by atoms with van der Waals surface area (Å²) in [7, 11) is 0. The maximum absolute atomic E-state index is 11.2. The lowest BCUT2D eigenvalue weighted by atomic mass is 10.1. The number of aromatic nitrogens is 2. The van der Waals surface area contributed by atoms with E-state index in [1.807, 2.05) is 13.8 Å². The lowest BCUT2D eigenvalue weighted by molar-refractivity contribution is -0.385. The minimum atomic E-state index is -0.507. The summed E-state index contributed by atoms with van der Waals surface area (Å²) < 4.78 is 5.40. The Labute approximate surface area is 118 Å². The largest absolute Gasteiger partial charge is 0.472 e. The summed E-state index contributed by atoms with van der Waals surface area (Å²) in [6, 6.07) is 0. The molecule has 0 radical (unpaired) electrons. The van der Waals surface area contributed by atoms with Crippen molar-refractivity contribution in [2.24, 2.45) is 11.8 Å². The van der Waals surface area contributed by atoms with Crippen molar-refractivity contribution in [1.82, 2.24) is 9.97 Å². The molecule has 1 N–H and O–H groups in total. The molecule has 0 aliphatic rings. The molecule has 0 aromatic carbocycles. The molecule has 20 heavy (non-hydrogen) atoms. The average molecular weight is 282 g/mol. The zero-order valence-corrected chi connectivity index (χ0v) is 12.4. The SMILES string of the molecule is CC(C)CCNc1ncnc(OCC(C)C)c1[N+](=O)[O-]. The first-order valence-electron chi connectivity index (χ1n) is 6.77. The maximum atomic E-state index is 11.2. The Hall–Kier alpha value is -1.92.